The molecule has 0 radical (unpaired) electrons. The highest BCUT2D eigenvalue weighted by atomic mass is 19.4. The third-order valence-corrected chi connectivity index (χ3v) is 1.17. The molecule has 0 aliphatic carbocycles. The molecule has 0 aromatic heterocycles. The van der Waals surface area contributed by atoms with Crippen LogP contribution in [0.5, 0.6) is 0 Å². The molecule has 6 heteroatoms. The fourth-order valence-electron chi connectivity index (χ4n) is 0.365. The Hall–Kier alpha value is -0.390. The van der Waals surface area contributed by atoms with Crippen LogP contribution in [0.25, 0.3) is 0 Å². The molecule has 0 aliphatic rings. The molecule has 0 spiro atoms. The zero-order chi connectivity index (χ0) is 9.50. The maximum atomic E-state index is 12.2. The van der Waals surface area contributed by atoms with Crippen LogP contribution in [-0.4, -0.2) is 17.6 Å². The standard InChI is InChI=1S/C5H8F5N/c1-3(2,11)4(6,7)5(8,9)10/h11H2,1-2H3. The Bertz CT molecular complexity index is 126. The molecule has 1 nitrogen and oxygen atoms in total. The summed E-state index contributed by atoms with van der Waals surface area (Å²) in [6.45, 7) is 1.25. The van der Waals surface area contributed by atoms with E-state index in [1.54, 1.807) is 0 Å². The van der Waals surface area contributed by atoms with E-state index in [0.29, 0.717) is 13.8 Å². The average molecular weight is 177 g/mol. The quantitative estimate of drug-likeness (QED) is 0.608. The first-order chi connectivity index (χ1) is 4.50. The Morgan fingerprint density at radius 2 is 1.18 bits per heavy atom. The van der Waals surface area contributed by atoms with Crippen LogP contribution < -0.4 is 5.73 Å². The first-order valence-corrected chi connectivity index (χ1v) is 2.73. The highest BCUT2D eigenvalue weighted by molar-refractivity contribution is 4.94. The lowest BCUT2D eigenvalue weighted by molar-refractivity contribution is -0.302. The lowest BCUT2D eigenvalue weighted by atomic mass is 9.97. The molecule has 0 rings (SSSR count). The van der Waals surface area contributed by atoms with E-state index in [2.05, 4.69) is 5.73 Å². The molecule has 0 saturated carbocycles. The van der Waals surface area contributed by atoms with E-state index in [4.69, 9.17) is 0 Å². The maximum absolute atomic E-state index is 12.2. The molecular formula is C5H8F5N. The van der Waals surface area contributed by atoms with Crippen molar-refractivity contribution in [2.75, 3.05) is 0 Å². The van der Waals surface area contributed by atoms with Gasteiger partial charge in [-0.05, 0) is 13.8 Å². The monoisotopic (exact) mass is 177 g/mol. The number of hydrogen-bond acceptors (Lipinski definition) is 1. The highest BCUT2D eigenvalue weighted by Gasteiger charge is 2.64. The van der Waals surface area contributed by atoms with E-state index in [1.165, 1.54) is 0 Å². The number of halogens is 5. The van der Waals surface area contributed by atoms with E-state index in [-0.39, 0.29) is 0 Å². The molecule has 0 amide bonds. The lowest BCUT2D eigenvalue weighted by Crippen LogP contribution is -2.58. The van der Waals surface area contributed by atoms with Crippen LogP contribution in [0.2, 0.25) is 0 Å². The van der Waals surface area contributed by atoms with Gasteiger partial charge < -0.3 is 5.73 Å². The van der Waals surface area contributed by atoms with Crippen LogP contribution in [0, 0.1) is 0 Å². The van der Waals surface area contributed by atoms with Crippen molar-refractivity contribution in [3.63, 3.8) is 0 Å². The third-order valence-electron chi connectivity index (χ3n) is 1.17. The molecule has 11 heavy (non-hydrogen) atoms. The fourth-order valence-corrected chi connectivity index (χ4v) is 0.365. The molecule has 0 heterocycles. The summed E-state index contributed by atoms with van der Waals surface area (Å²) in [5.74, 6) is -4.85. The van der Waals surface area contributed by atoms with Gasteiger partial charge in [0.25, 0.3) is 0 Å². The van der Waals surface area contributed by atoms with E-state index in [0.717, 1.165) is 0 Å². The topological polar surface area (TPSA) is 26.0 Å². The summed E-state index contributed by atoms with van der Waals surface area (Å²) in [5.41, 5.74) is 2.05. The van der Waals surface area contributed by atoms with Crippen LogP contribution in [-0.2, 0) is 0 Å². The number of rotatable bonds is 1. The SMILES string of the molecule is CC(C)(N)C(F)(F)C(F)(F)F. The maximum Gasteiger partial charge on any atom is 0.455 e. The van der Waals surface area contributed by atoms with Crippen LogP contribution in [0.4, 0.5) is 22.0 Å². The van der Waals surface area contributed by atoms with Crippen LogP contribution in [0.3, 0.4) is 0 Å². The van der Waals surface area contributed by atoms with Crippen molar-refractivity contribution in [2.24, 2.45) is 5.73 Å². The molecule has 0 aliphatic heterocycles. The van der Waals surface area contributed by atoms with Gasteiger partial charge in [-0.2, -0.15) is 22.0 Å². The number of hydrogen-bond donors (Lipinski definition) is 1. The minimum absolute atomic E-state index is 0.625. The smallest absolute Gasteiger partial charge is 0.320 e. The normalized spacial score (nSPS) is 15.3. The summed E-state index contributed by atoms with van der Waals surface area (Å²) < 4.78 is 58.9. The first-order valence-electron chi connectivity index (χ1n) is 2.73. The molecule has 0 aromatic rings. The first kappa shape index (κ1) is 10.6. The van der Waals surface area contributed by atoms with Gasteiger partial charge in [0.2, 0.25) is 0 Å². The number of nitrogens with two attached hydrogens (primary N) is 1. The van der Waals surface area contributed by atoms with Gasteiger partial charge >= 0.3 is 12.1 Å². The van der Waals surface area contributed by atoms with Crippen molar-refractivity contribution in [3.05, 3.63) is 0 Å². The third kappa shape index (κ3) is 1.79. The Labute approximate surface area is 60.4 Å². The van der Waals surface area contributed by atoms with Crippen molar-refractivity contribution in [2.45, 2.75) is 31.5 Å². The molecule has 68 valence electrons. The van der Waals surface area contributed by atoms with Crippen LogP contribution in [0.15, 0.2) is 0 Å². The van der Waals surface area contributed by atoms with E-state index in [1.807, 2.05) is 0 Å². The molecule has 0 bridgehead atoms. The molecule has 0 unspecified atom stereocenters. The molecule has 0 fully saturated rings. The van der Waals surface area contributed by atoms with Gasteiger partial charge in [-0.1, -0.05) is 0 Å². The van der Waals surface area contributed by atoms with Gasteiger partial charge in [0.05, 0.1) is 5.54 Å². The second-order valence-electron chi connectivity index (χ2n) is 2.79. The predicted molar refractivity (Wildman–Crippen MR) is 29.3 cm³/mol. The Morgan fingerprint density at radius 1 is 0.909 bits per heavy atom. The van der Waals surface area contributed by atoms with Crippen LogP contribution in [0.1, 0.15) is 13.8 Å². The highest BCUT2D eigenvalue weighted by Crippen LogP contribution is 2.41. The van der Waals surface area contributed by atoms with Crippen molar-refractivity contribution in [1.82, 2.24) is 0 Å². The van der Waals surface area contributed by atoms with Crippen molar-refractivity contribution >= 4 is 0 Å². The molecule has 0 aromatic carbocycles. The largest absolute Gasteiger partial charge is 0.455 e. The zero-order valence-electron chi connectivity index (χ0n) is 5.97. The Morgan fingerprint density at radius 3 is 1.18 bits per heavy atom. The van der Waals surface area contributed by atoms with Gasteiger partial charge in [-0.3, -0.25) is 0 Å². The summed E-state index contributed by atoms with van der Waals surface area (Å²) in [6, 6.07) is 0. The second-order valence-corrected chi connectivity index (χ2v) is 2.79. The average Bonchev–Trinajstić information content (AvgIpc) is 1.58. The van der Waals surface area contributed by atoms with Gasteiger partial charge in [-0.25, -0.2) is 0 Å². The summed E-state index contributed by atoms with van der Waals surface area (Å²) >= 11 is 0. The summed E-state index contributed by atoms with van der Waals surface area (Å²) in [6.07, 6.45) is -5.58. The van der Waals surface area contributed by atoms with Crippen molar-refractivity contribution in [3.8, 4) is 0 Å². The molecule has 2 N–H and O–H groups in total. The van der Waals surface area contributed by atoms with Gasteiger partial charge in [-0.15, -0.1) is 0 Å². The van der Waals surface area contributed by atoms with E-state index < -0.39 is 17.6 Å². The second kappa shape index (κ2) is 2.30. The van der Waals surface area contributed by atoms with Gasteiger partial charge in [0.1, 0.15) is 0 Å². The lowest BCUT2D eigenvalue weighted by Gasteiger charge is -2.31. The van der Waals surface area contributed by atoms with E-state index >= 15 is 0 Å². The van der Waals surface area contributed by atoms with Gasteiger partial charge in [0, 0.05) is 0 Å². The summed E-state index contributed by atoms with van der Waals surface area (Å²) in [7, 11) is 0. The van der Waals surface area contributed by atoms with Crippen molar-refractivity contribution < 1.29 is 22.0 Å². The summed E-state index contributed by atoms with van der Waals surface area (Å²) in [4.78, 5) is 0. The van der Waals surface area contributed by atoms with Crippen molar-refractivity contribution in [1.29, 1.82) is 0 Å². The zero-order valence-corrected chi connectivity index (χ0v) is 5.97. The molecule has 0 saturated heterocycles. The fraction of sp³-hybridized carbons (Fsp3) is 1.00. The molecule has 0 atom stereocenters. The minimum atomic E-state index is -5.58. The minimum Gasteiger partial charge on any atom is -0.320 e. The van der Waals surface area contributed by atoms with Crippen LogP contribution >= 0.6 is 0 Å². The molecular weight excluding hydrogens is 169 g/mol. The predicted octanol–water partition coefficient (Wildman–Crippen LogP) is 1.92. The summed E-state index contributed by atoms with van der Waals surface area (Å²) in [5, 5.41) is 0. The Kier molecular flexibility index (Phi) is 2.22. The Balaban J connectivity index is 4.75. The number of alkyl halides is 5. The van der Waals surface area contributed by atoms with E-state index in [9.17, 15) is 22.0 Å². The van der Waals surface area contributed by atoms with Gasteiger partial charge in [0.15, 0.2) is 0 Å².